The van der Waals surface area contributed by atoms with E-state index < -0.39 is 0 Å². The van der Waals surface area contributed by atoms with Gasteiger partial charge in [0.05, 0.1) is 26.2 Å². The Kier molecular flexibility index (Phi) is 4.72. The van der Waals surface area contributed by atoms with E-state index in [1.165, 1.54) is 28.2 Å². The second-order valence-electron chi connectivity index (χ2n) is 6.15. The van der Waals surface area contributed by atoms with Gasteiger partial charge in [0.2, 0.25) is 0 Å². The van der Waals surface area contributed by atoms with Crippen molar-refractivity contribution < 1.29 is 14.1 Å². The summed E-state index contributed by atoms with van der Waals surface area (Å²) < 4.78 is 13.0. The number of amides is 1. The van der Waals surface area contributed by atoms with E-state index in [0.717, 1.165) is 32.7 Å². The van der Waals surface area contributed by atoms with Crippen LogP contribution >= 0.6 is 0 Å². The molecular formula is C19H22FN2O+. The van der Waals surface area contributed by atoms with Crippen LogP contribution in [0.25, 0.3) is 0 Å². The highest BCUT2D eigenvalue weighted by Crippen LogP contribution is 2.08. The van der Waals surface area contributed by atoms with Crippen LogP contribution in [0.3, 0.4) is 0 Å². The Morgan fingerprint density at radius 2 is 1.74 bits per heavy atom. The first-order valence-electron chi connectivity index (χ1n) is 8.06. The van der Waals surface area contributed by atoms with E-state index in [1.54, 1.807) is 12.1 Å². The number of nitrogens with zero attached hydrogens (tertiary/aromatic N) is 1. The molecular weight excluding hydrogens is 291 g/mol. The van der Waals surface area contributed by atoms with Crippen LogP contribution in [0, 0.1) is 12.7 Å². The molecule has 2 aromatic rings. The summed E-state index contributed by atoms with van der Waals surface area (Å²) in [7, 11) is 0. The van der Waals surface area contributed by atoms with E-state index in [0.29, 0.717) is 5.56 Å². The molecule has 3 nitrogen and oxygen atoms in total. The summed E-state index contributed by atoms with van der Waals surface area (Å²) in [5.74, 6) is -0.311. The molecule has 23 heavy (non-hydrogen) atoms. The molecule has 0 bridgehead atoms. The SMILES string of the molecule is Cc1ccccc1C[NH+]1CCN(C(=O)c2ccc(F)cc2)CC1. The van der Waals surface area contributed by atoms with Gasteiger partial charge in [-0.2, -0.15) is 0 Å². The van der Waals surface area contributed by atoms with Crippen molar-refractivity contribution in [2.75, 3.05) is 26.2 Å². The number of halogens is 1. The van der Waals surface area contributed by atoms with Crippen molar-refractivity contribution in [3.63, 3.8) is 0 Å². The molecule has 4 heteroatoms. The lowest BCUT2D eigenvalue weighted by Crippen LogP contribution is -3.13. The number of aryl methyl sites for hydroxylation is 1. The Bertz CT molecular complexity index is 676. The zero-order valence-electron chi connectivity index (χ0n) is 13.4. The second kappa shape index (κ2) is 6.92. The fourth-order valence-electron chi connectivity index (χ4n) is 3.06. The normalized spacial score (nSPS) is 15.7. The van der Waals surface area contributed by atoms with Crippen molar-refractivity contribution in [1.82, 2.24) is 4.90 Å². The van der Waals surface area contributed by atoms with E-state index in [-0.39, 0.29) is 11.7 Å². The fourth-order valence-corrected chi connectivity index (χ4v) is 3.06. The van der Waals surface area contributed by atoms with Gasteiger partial charge >= 0.3 is 0 Å². The second-order valence-corrected chi connectivity index (χ2v) is 6.15. The van der Waals surface area contributed by atoms with Crippen LogP contribution in [-0.2, 0) is 6.54 Å². The molecule has 1 N–H and O–H groups in total. The molecule has 0 radical (unpaired) electrons. The Labute approximate surface area is 136 Å². The third-order valence-corrected chi connectivity index (χ3v) is 4.55. The summed E-state index contributed by atoms with van der Waals surface area (Å²) in [6.07, 6.45) is 0. The molecule has 0 aliphatic carbocycles. The molecule has 1 heterocycles. The highest BCUT2D eigenvalue weighted by molar-refractivity contribution is 5.94. The first kappa shape index (κ1) is 15.7. The highest BCUT2D eigenvalue weighted by Gasteiger charge is 2.24. The van der Waals surface area contributed by atoms with E-state index in [2.05, 4.69) is 31.2 Å². The smallest absolute Gasteiger partial charge is 0.254 e. The quantitative estimate of drug-likeness (QED) is 0.916. The van der Waals surface area contributed by atoms with Crippen molar-refractivity contribution in [1.29, 1.82) is 0 Å². The van der Waals surface area contributed by atoms with Crippen LogP contribution in [0.15, 0.2) is 48.5 Å². The van der Waals surface area contributed by atoms with Gasteiger partial charge in [0.15, 0.2) is 0 Å². The lowest BCUT2D eigenvalue weighted by atomic mass is 10.1. The summed E-state index contributed by atoms with van der Waals surface area (Å²) in [4.78, 5) is 15.8. The maximum absolute atomic E-state index is 13.0. The zero-order valence-corrected chi connectivity index (χ0v) is 13.4. The summed E-state index contributed by atoms with van der Waals surface area (Å²) in [6.45, 7) is 6.53. The number of hydrogen-bond donors (Lipinski definition) is 1. The minimum atomic E-state index is -0.311. The largest absolute Gasteiger partial charge is 0.328 e. The van der Waals surface area contributed by atoms with Crippen molar-refractivity contribution in [3.05, 3.63) is 71.0 Å². The van der Waals surface area contributed by atoms with Crippen LogP contribution in [0.2, 0.25) is 0 Å². The van der Waals surface area contributed by atoms with Crippen LogP contribution in [0.1, 0.15) is 21.5 Å². The third-order valence-electron chi connectivity index (χ3n) is 4.55. The molecule has 120 valence electrons. The van der Waals surface area contributed by atoms with Gasteiger partial charge in [-0.15, -0.1) is 0 Å². The molecule has 3 rings (SSSR count). The van der Waals surface area contributed by atoms with Crippen LogP contribution in [0.5, 0.6) is 0 Å². The number of rotatable bonds is 3. The summed E-state index contributed by atoms with van der Waals surface area (Å²) in [5.41, 5.74) is 3.26. The number of hydrogen-bond acceptors (Lipinski definition) is 1. The number of piperazine rings is 1. The monoisotopic (exact) mass is 313 g/mol. The van der Waals surface area contributed by atoms with Gasteiger partial charge in [-0.1, -0.05) is 24.3 Å². The molecule has 1 amide bonds. The predicted molar refractivity (Wildman–Crippen MR) is 87.9 cm³/mol. The Balaban J connectivity index is 1.57. The van der Waals surface area contributed by atoms with Crippen molar-refractivity contribution in [2.45, 2.75) is 13.5 Å². The van der Waals surface area contributed by atoms with Crippen LogP contribution in [-0.4, -0.2) is 37.0 Å². The first-order valence-corrected chi connectivity index (χ1v) is 8.06. The third kappa shape index (κ3) is 3.77. The van der Waals surface area contributed by atoms with Crippen molar-refractivity contribution >= 4 is 5.91 Å². The molecule has 0 aromatic heterocycles. The minimum Gasteiger partial charge on any atom is -0.328 e. The van der Waals surface area contributed by atoms with Crippen LogP contribution in [0.4, 0.5) is 4.39 Å². The highest BCUT2D eigenvalue weighted by atomic mass is 19.1. The minimum absolute atomic E-state index is 0.0000540. The molecule has 0 spiro atoms. The molecule has 1 aliphatic rings. The lowest BCUT2D eigenvalue weighted by molar-refractivity contribution is -0.917. The van der Waals surface area contributed by atoms with Crippen molar-refractivity contribution in [3.8, 4) is 0 Å². The lowest BCUT2D eigenvalue weighted by Gasteiger charge is -2.32. The molecule has 1 saturated heterocycles. The number of benzene rings is 2. The van der Waals surface area contributed by atoms with Gasteiger partial charge in [-0.3, -0.25) is 4.79 Å². The number of quaternary nitrogens is 1. The van der Waals surface area contributed by atoms with Gasteiger partial charge < -0.3 is 9.80 Å². The standard InChI is InChI=1S/C19H21FN2O/c1-15-4-2-3-5-17(15)14-21-10-12-22(13-11-21)19(23)16-6-8-18(20)9-7-16/h2-9H,10-14H2,1H3/p+1. The van der Waals surface area contributed by atoms with Gasteiger partial charge in [0, 0.05) is 11.1 Å². The predicted octanol–water partition coefficient (Wildman–Crippen LogP) is 1.68. The average Bonchev–Trinajstić information content (AvgIpc) is 2.58. The Morgan fingerprint density at radius 3 is 2.39 bits per heavy atom. The molecule has 0 unspecified atom stereocenters. The Morgan fingerprint density at radius 1 is 1.09 bits per heavy atom. The molecule has 1 aliphatic heterocycles. The number of carbonyl (C=O) groups is 1. The average molecular weight is 313 g/mol. The maximum Gasteiger partial charge on any atom is 0.254 e. The number of carbonyl (C=O) groups excluding carboxylic acids is 1. The molecule has 0 saturated carbocycles. The zero-order chi connectivity index (χ0) is 16.2. The van der Waals surface area contributed by atoms with Gasteiger partial charge in [0.1, 0.15) is 12.4 Å². The van der Waals surface area contributed by atoms with Crippen molar-refractivity contribution in [2.24, 2.45) is 0 Å². The molecule has 0 atom stereocenters. The van der Waals surface area contributed by atoms with E-state index in [4.69, 9.17) is 0 Å². The van der Waals surface area contributed by atoms with Gasteiger partial charge in [-0.05, 0) is 36.8 Å². The maximum atomic E-state index is 13.0. The van der Waals surface area contributed by atoms with E-state index in [1.807, 2.05) is 4.90 Å². The molecule has 1 fully saturated rings. The first-order chi connectivity index (χ1) is 11.1. The summed E-state index contributed by atoms with van der Waals surface area (Å²) in [6, 6.07) is 14.3. The van der Waals surface area contributed by atoms with Crippen LogP contribution < -0.4 is 4.90 Å². The number of nitrogens with one attached hydrogen (secondary N) is 1. The fraction of sp³-hybridized carbons (Fsp3) is 0.316. The topological polar surface area (TPSA) is 24.8 Å². The Hall–Kier alpha value is -2.20. The van der Waals surface area contributed by atoms with Gasteiger partial charge in [-0.25, -0.2) is 4.39 Å². The summed E-state index contributed by atoms with van der Waals surface area (Å²) >= 11 is 0. The van der Waals surface area contributed by atoms with E-state index >= 15 is 0 Å². The molecule has 2 aromatic carbocycles. The summed E-state index contributed by atoms with van der Waals surface area (Å²) in [5, 5.41) is 0. The van der Waals surface area contributed by atoms with E-state index in [9.17, 15) is 9.18 Å². The van der Waals surface area contributed by atoms with Gasteiger partial charge in [0.25, 0.3) is 5.91 Å².